The maximum atomic E-state index is 12.2. The summed E-state index contributed by atoms with van der Waals surface area (Å²) >= 11 is 0. The van der Waals surface area contributed by atoms with Crippen LogP contribution in [-0.2, 0) is 17.7 Å². The van der Waals surface area contributed by atoms with E-state index in [-0.39, 0.29) is 18.7 Å². The Morgan fingerprint density at radius 3 is 2.93 bits per heavy atom. The zero-order valence-electron chi connectivity index (χ0n) is 17.6. The van der Waals surface area contributed by atoms with Crippen LogP contribution >= 0.6 is 0 Å². The zero-order chi connectivity index (χ0) is 21.5. The first-order valence-electron chi connectivity index (χ1n) is 10.0. The topological polar surface area (TPSA) is 109 Å². The van der Waals surface area contributed by atoms with Gasteiger partial charge in [-0.1, -0.05) is 11.2 Å². The van der Waals surface area contributed by atoms with Crippen LogP contribution in [-0.4, -0.2) is 67.3 Å². The molecule has 0 bridgehead atoms. The van der Waals surface area contributed by atoms with Gasteiger partial charge in [-0.3, -0.25) is 0 Å². The second-order valence-electron chi connectivity index (χ2n) is 7.73. The Kier molecular flexibility index (Phi) is 7.67. The van der Waals surface area contributed by atoms with Crippen molar-refractivity contribution in [3.8, 4) is 5.75 Å². The normalized spacial score (nSPS) is 21.4. The molecule has 164 valence electrons. The van der Waals surface area contributed by atoms with Gasteiger partial charge in [-0.15, -0.1) is 0 Å². The fourth-order valence-corrected chi connectivity index (χ4v) is 3.42. The van der Waals surface area contributed by atoms with Crippen LogP contribution in [0.2, 0.25) is 0 Å². The molecule has 0 saturated carbocycles. The summed E-state index contributed by atoms with van der Waals surface area (Å²) in [5.41, 5.74) is 1.45. The quantitative estimate of drug-likeness (QED) is 0.602. The molecule has 2 amide bonds. The Morgan fingerprint density at radius 1 is 1.33 bits per heavy atom. The fourth-order valence-electron chi connectivity index (χ4n) is 3.42. The van der Waals surface area contributed by atoms with Crippen LogP contribution in [0.25, 0.3) is 0 Å². The monoisotopic (exact) mass is 418 g/mol. The lowest BCUT2D eigenvalue weighted by Crippen LogP contribution is -2.47. The fraction of sp³-hybridized carbons (Fsp3) is 0.524. The second-order valence-corrected chi connectivity index (χ2v) is 7.73. The Morgan fingerprint density at radius 2 is 2.17 bits per heavy atom. The minimum absolute atomic E-state index is 0.0843. The average molecular weight is 418 g/mol. The molecule has 1 aromatic carbocycles. The number of urea groups is 1. The Balaban J connectivity index is 1.48. The summed E-state index contributed by atoms with van der Waals surface area (Å²) in [6.07, 6.45) is 0.753. The summed E-state index contributed by atoms with van der Waals surface area (Å²) in [7, 11) is 5.51. The first-order chi connectivity index (χ1) is 14.4. The molecule has 3 rings (SSSR count). The molecule has 0 aliphatic carbocycles. The van der Waals surface area contributed by atoms with E-state index in [2.05, 4.69) is 15.8 Å². The van der Waals surface area contributed by atoms with Crippen LogP contribution in [0.3, 0.4) is 0 Å². The van der Waals surface area contributed by atoms with Crippen LogP contribution in [0.5, 0.6) is 5.75 Å². The van der Waals surface area contributed by atoms with Crippen molar-refractivity contribution in [2.24, 2.45) is 0 Å². The van der Waals surface area contributed by atoms with Crippen molar-refractivity contribution in [3.63, 3.8) is 0 Å². The zero-order valence-corrected chi connectivity index (χ0v) is 17.6. The number of methoxy groups -OCH3 is 1. The molecule has 0 spiro atoms. The maximum absolute atomic E-state index is 12.2. The van der Waals surface area contributed by atoms with E-state index in [9.17, 15) is 9.90 Å². The molecule has 0 radical (unpaired) electrons. The molecule has 1 aliphatic rings. The van der Waals surface area contributed by atoms with E-state index >= 15 is 0 Å². The van der Waals surface area contributed by atoms with Crippen molar-refractivity contribution in [1.29, 1.82) is 0 Å². The summed E-state index contributed by atoms with van der Waals surface area (Å²) in [4.78, 5) is 14.2. The molecule has 1 fully saturated rings. The number of hydrogen-bond donors (Lipinski definition) is 3. The Hall–Kier alpha value is -2.62. The minimum atomic E-state index is -0.625. The number of nitrogens with zero attached hydrogens (tertiary/aromatic N) is 2. The van der Waals surface area contributed by atoms with Crippen molar-refractivity contribution in [2.45, 2.75) is 44.1 Å². The summed E-state index contributed by atoms with van der Waals surface area (Å²) in [5, 5.41) is 19.9. The molecule has 30 heavy (non-hydrogen) atoms. The number of anilines is 1. The van der Waals surface area contributed by atoms with Crippen LogP contribution in [0, 0.1) is 0 Å². The molecule has 0 unspecified atom stereocenters. The average Bonchev–Trinajstić information content (AvgIpc) is 3.14. The number of aliphatic hydroxyl groups excluding tert-OH is 1. The lowest BCUT2D eigenvalue weighted by atomic mass is 9.98. The number of rotatable bonds is 8. The number of aromatic nitrogens is 1. The highest BCUT2D eigenvalue weighted by Gasteiger charge is 2.30. The van der Waals surface area contributed by atoms with Gasteiger partial charge in [-0.2, -0.15) is 0 Å². The van der Waals surface area contributed by atoms with Crippen LogP contribution in [0.15, 0.2) is 34.9 Å². The molecule has 3 N–H and O–H groups in total. The number of ether oxygens (including phenoxy) is 2. The summed E-state index contributed by atoms with van der Waals surface area (Å²) in [6, 6.07) is 8.65. The Labute approximate surface area is 176 Å². The molecule has 2 aromatic rings. The van der Waals surface area contributed by atoms with Crippen LogP contribution < -0.4 is 15.4 Å². The molecule has 3 atom stereocenters. The predicted octanol–water partition coefficient (Wildman–Crippen LogP) is 2.02. The van der Waals surface area contributed by atoms with Crippen LogP contribution in [0.4, 0.5) is 10.5 Å². The third-order valence-electron chi connectivity index (χ3n) is 4.89. The van der Waals surface area contributed by atoms with Gasteiger partial charge in [0.05, 0.1) is 31.6 Å². The number of carbonyl (C=O) groups is 1. The largest absolute Gasteiger partial charge is 0.497 e. The van der Waals surface area contributed by atoms with E-state index in [4.69, 9.17) is 14.0 Å². The van der Waals surface area contributed by atoms with Gasteiger partial charge in [0.2, 0.25) is 0 Å². The van der Waals surface area contributed by atoms with Gasteiger partial charge in [0.15, 0.2) is 5.76 Å². The van der Waals surface area contributed by atoms with Crippen molar-refractivity contribution in [2.75, 3.05) is 33.1 Å². The summed E-state index contributed by atoms with van der Waals surface area (Å²) < 4.78 is 16.5. The number of benzene rings is 1. The highest BCUT2D eigenvalue weighted by atomic mass is 16.5. The van der Waals surface area contributed by atoms with Gasteiger partial charge in [0.1, 0.15) is 11.9 Å². The molecule has 9 heteroatoms. The second kappa shape index (κ2) is 10.4. The summed E-state index contributed by atoms with van der Waals surface area (Å²) in [5.74, 6) is 1.46. The van der Waals surface area contributed by atoms with E-state index < -0.39 is 12.2 Å². The molecular weight excluding hydrogens is 388 g/mol. The van der Waals surface area contributed by atoms with E-state index in [1.54, 1.807) is 31.4 Å². The number of nitrogens with one attached hydrogen (secondary N) is 2. The Bertz CT molecular complexity index is 825. The number of hydrogen-bond acceptors (Lipinski definition) is 7. The molecule has 9 nitrogen and oxygen atoms in total. The standard InChI is InChI=1S/C21H30N4O5/c1-25(2)13-18-11-15(24-30-18)10-17-7-8-19(26)20(29-17)12-22-21(27)23-14-5-4-6-16(9-14)28-3/h4-6,9,11,17,19-20,26H,7-8,10,12-13H2,1-3H3,(H2,22,23,27)/t17-,19-,20+/m0/s1. The highest BCUT2D eigenvalue weighted by Crippen LogP contribution is 2.23. The lowest BCUT2D eigenvalue weighted by Gasteiger charge is -2.33. The number of aliphatic hydroxyl groups is 1. The van der Waals surface area contributed by atoms with E-state index in [1.807, 2.05) is 25.1 Å². The van der Waals surface area contributed by atoms with E-state index in [1.165, 1.54) is 0 Å². The van der Waals surface area contributed by atoms with E-state index in [0.29, 0.717) is 30.8 Å². The third kappa shape index (κ3) is 6.45. The predicted molar refractivity (Wildman–Crippen MR) is 112 cm³/mol. The molecule has 1 aliphatic heterocycles. The first kappa shape index (κ1) is 22.1. The smallest absolute Gasteiger partial charge is 0.319 e. The van der Waals surface area contributed by atoms with Gasteiger partial charge >= 0.3 is 6.03 Å². The minimum Gasteiger partial charge on any atom is -0.497 e. The molecule has 1 aromatic heterocycles. The van der Waals surface area contributed by atoms with Crippen molar-refractivity contribution in [1.82, 2.24) is 15.4 Å². The van der Waals surface area contributed by atoms with Gasteiger partial charge < -0.3 is 34.6 Å². The SMILES string of the molecule is COc1cccc(NC(=O)NC[C@H]2O[C@H](Cc3cc(CN(C)C)on3)CC[C@@H]2O)c1. The highest BCUT2D eigenvalue weighted by molar-refractivity contribution is 5.89. The maximum Gasteiger partial charge on any atom is 0.319 e. The number of amides is 2. The molecule has 1 saturated heterocycles. The van der Waals surface area contributed by atoms with Gasteiger partial charge in [-0.05, 0) is 39.1 Å². The lowest BCUT2D eigenvalue weighted by molar-refractivity contribution is -0.113. The summed E-state index contributed by atoms with van der Waals surface area (Å²) in [6.45, 7) is 0.893. The van der Waals surface area contributed by atoms with Crippen LogP contribution in [0.1, 0.15) is 24.3 Å². The van der Waals surface area contributed by atoms with Gasteiger partial charge in [0.25, 0.3) is 0 Å². The van der Waals surface area contributed by atoms with Gasteiger partial charge in [-0.25, -0.2) is 4.79 Å². The van der Waals surface area contributed by atoms with Crippen molar-refractivity contribution in [3.05, 3.63) is 41.8 Å². The number of carbonyl (C=O) groups excluding carboxylic acids is 1. The molecule has 2 heterocycles. The van der Waals surface area contributed by atoms with Crippen molar-refractivity contribution < 1.29 is 23.9 Å². The van der Waals surface area contributed by atoms with Crippen molar-refractivity contribution >= 4 is 11.7 Å². The van der Waals surface area contributed by atoms with Gasteiger partial charge in [0, 0.05) is 30.8 Å². The van der Waals surface area contributed by atoms with E-state index in [0.717, 1.165) is 17.9 Å². The first-order valence-corrected chi connectivity index (χ1v) is 10.0. The molecular formula is C21H30N4O5. The third-order valence-corrected chi connectivity index (χ3v) is 4.89.